The molecular formula is C13H21N3O2. The molecule has 100 valence electrons. The van der Waals surface area contributed by atoms with E-state index in [2.05, 4.69) is 10.4 Å². The molecule has 1 aliphatic carbocycles. The minimum atomic E-state index is -0.675. The molecule has 1 saturated carbocycles. The van der Waals surface area contributed by atoms with Gasteiger partial charge in [-0.25, -0.2) is 0 Å². The lowest BCUT2D eigenvalue weighted by Gasteiger charge is -2.12. The third kappa shape index (κ3) is 3.57. The smallest absolute Gasteiger partial charge is 0.220 e. The summed E-state index contributed by atoms with van der Waals surface area (Å²) in [5.74, 6) is 0.588. The summed E-state index contributed by atoms with van der Waals surface area (Å²) in [6, 6.07) is 0. The largest absolute Gasteiger partial charge is 0.386 e. The van der Waals surface area contributed by atoms with E-state index < -0.39 is 6.10 Å². The van der Waals surface area contributed by atoms with Crippen molar-refractivity contribution in [2.24, 2.45) is 13.0 Å². The van der Waals surface area contributed by atoms with Crippen molar-refractivity contribution in [2.75, 3.05) is 6.54 Å². The van der Waals surface area contributed by atoms with Crippen molar-refractivity contribution in [3.63, 3.8) is 0 Å². The maximum Gasteiger partial charge on any atom is 0.220 e. The van der Waals surface area contributed by atoms with E-state index in [1.807, 2.05) is 0 Å². The molecule has 1 aromatic rings. The van der Waals surface area contributed by atoms with Gasteiger partial charge in [0.2, 0.25) is 5.91 Å². The fraction of sp³-hybridized carbons (Fsp3) is 0.692. The van der Waals surface area contributed by atoms with Crippen molar-refractivity contribution in [3.05, 3.63) is 18.0 Å². The molecule has 1 aliphatic rings. The number of aryl methyl sites for hydroxylation is 1. The van der Waals surface area contributed by atoms with E-state index in [9.17, 15) is 9.90 Å². The van der Waals surface area contributed by atoms with E-state index in [4.69, 9.17) is 0 Å². The fourth-order valence-corrected chi connectivity index (χ4v) is 2.49. The number of hydrogen-bond donors (Lipinski definition) is 2. The van der Waals surface area contributed by atoms with Crippen LogP contribution in [0.25, 0.3) is 0 Å². The Morgan fingerprint density at radius 3 is 2.94 bits per heavy atom. The van der Waals surface area contributed by atoms with Crippen LogP contribution in [0.5, 0.6) is 0 Å². The molecule has 0 aromatic carbocycles. The fourth-order valence-electron chi connectivity index (χ4n) is 2.49. The Hall–Kier alpha value is -1.36. The first-order valence-electron chi connectivity index (χ1n) is 6.58. The summed E-state index contributed by atoms with van der Waals surface area (Å²) >= 11 is 0. The Labute approximate surface area is 107 Å². The minimum Gasteiger partial charge on any atom is -0.386 e. The Morgan fingerprint density at radius 2 is 2.33 bits per heavy atom. The van der Waals surface area contributed by atoms with E-state index in [-0.39, 0.29) is 12.5 Å². The lowest BCUT2D eigenvalue weighted by molar-refractivity contribution is -0.122. The molecule has 0 bridgehead atoms. The van der Waals surface area contributed by atoms with Crippen LogP contribution in [0.15, 0.2) is 12.4 Å². The van der Waals surface area contributed by atoms with Gasteiger partial charge in [0, 0.05) is 31.8 Å². The van der Waals surface area contributed by atoms with Crippen molar-refractivity contribution in [1.29, 1.82) is 0 Å². The van der Waals surface area contributed by atoms with Crippen LogP contribution in [0, 0.1) is 5.92 Å². The Bertz CT molecular complexity index is 397. The van der Waals surface area contributed by atoms with Gasteiger partial charge in [0.15, 0.2) is 0 Å². The molecule has 18 heavy (non-hydrogen) atoms. The predicted molar refractivity (Wildman–Crippen MR) is 67.8 cm³/mol. The minimum absolute atomic E-state index is 0.0461. The standard InChI is InChI=1S/C13H21N3O2/c1-16-9-11(7-15-16)12(17)8-14-13(18)6-10-4-2-3-5-10/h7,9-10,12,17H,2-6,8H2,1H3,(H,14,18)/t12-/m1/s1. The number of amides is 1. The van der Waals surface area contributed by atoms with Gasteiger partial charge in [0.25, 0.3) is 0 Å². The van der Waals surface area contributed by atoms with Crippen LogP contribution in [-0.2, 0) is 11.8 Å². The summed E-state index contributed by atoms with van der Waals surface area (Å²) in [5, 5.41) is 16.7. The van der Waals surface area contributed by atoms with Gasteiger partial charge < -0.3 is 10.4 Å². The highest BCUT2D eigenvalue weighted by molar-refractivity contribution is 5.76. The summed E-state index contributed by atoms with van der Waals surface area (Å²) < 4.78 is 1.64. The van der Waals surface area contributed by atoms with Gasteiger partial charge in [-0.1, -0.05) is 12.8 Å². The van der Waals surface area contributed by atoms with Crippen molar-refractivity contribution in [1.82, 2.24) is 15.1 Å². The maximum atomic E-state index is 11.7. The molecule has 1 heterocycles. The lowest BCUT2D eigenvalue weighted by atomic mass is 10.0. The summed E-state index contributed by atoms with van der Waals surface area (Å²) in [4.78, 5) is 11.7. The first kappa shape index (κ1) is 13.1. The van der Waals surface area contributed by atoms with E-state index in [0.29, 0.717) is 12.3 Å². The van der Waals surface area contributed by atoms with Crippen molar-refractivity contribution in [3.8, 4) is 0 Å². The van der Waals surface area contributed by atoms with Crippen LogP contribution < -0.4 is 5.32 Å². The molecule has 0 saturated heterocycles. The number of aliphatic hydroxyl groups is 1. The van der Waals surface area contributed by atoms with Crippen LogP contribution in [0.3, 0.4) is 0 Å². The first-order chi connectivity index (χ1) is 8.65. The molecule has 1 fully saturated rings. The zero-order chi connectivity index (χ0) is 13.0. The molecule has 1 atom stereocenters. The third-order valence-corrected chi connectivity index (χ3v) is 3.55. The summed E-state index contributed by atoms with van der Waals surface area (Å²) in [6.45, 7) is 0.261. The molecule has 0 unspecified atom stereocenters. The van der Waals surface area contributed by atoms with Crippen molar-refractivity contribution in [2.45, 2.75) is 38.2 Å². The Balaban J connectivity index is 1.71. The zero-order valence-corrected chi connectivity index (χ0v) is 10.8. The van der Waals surface area contributed by atoms with Gasteiger partial charge in [0.1, 0.15) is 0 Å². The topological polar surface area (TPSA) is 67.2 Å². The molecule has 0 aliphatic heterocycles. The highest BCUT2D eigenvalue weighted by atomic mass is 16.3. The number of aliphatic hydroxyl groups excluding tert-OH is 1. The summed E-state index contributed by atoms with van der Waals surface area (Å²) in [6.07, 6.45) is 8.12. The molecule has 2 rings (SSSR count). The average molecular weight is 251 g/mol. The first-order valence-corrected chi connectivity index (χ1v) is 6.58. The van der Waals surface area contributed by atoms with Crippen LogP contribution in [0.1, 0.15) is 43.8 Å². The van der Waals surface area contributed by atoms with Crippen molar-refractivity contribution >= 4 is 5.91 Å². The van der Waals surface area contributed by atoms with E-state index in [0.717, 1.165) is 5.56 Å². The number of aromatic nitrogens is 2. The van der Waals surface area contributed by atoms with Crippen LogP contribution in [0.2, 0.25) is 0 Å². The quantitative estimate of drug-likeness (QED) is 0.825. The number of rotatable bonds is 5. The second-order valence-corrected chi connectivity index (χ2v) is 5.12. The molecule has 5 nitrogen and oxygen atoms in total. The van der Waals surface area contributed by atoms with Crippen LogP contribution >= 0.6 is 0 Å². The van der Waals surface area contributed by atoms with Crippen molar-refractivity contribution < 1.29 is 9.90 Å². The second kappa shape index (κ2) is 6.00. The predicted octanol–water partition coefficient (Wildman–Crippen LogP) is 1.15. The molecular weight excluding hydrogens is 230 g/mol. The Kier molecular flexibility index (Phi) is 4.36. The van der Waals surface area contributed by atoms with E-state index in [1.54, 1.807) is 24.1 Å². The van der Waals surface area contributed by atoms with E-state index in [1.165, 1.54) is 25.7 Å². The van der Waals surface area contributed by atoms with E-state index >= 15 is 0 Å². The summed E-state index contributed by atoms with van der Waals surface area (Å²) in [7, 11) is 1.80. The number of nitrogens with zero attached hydrogens (tertiary/aromatic N) is 2. The van der Waals surface area contributed by atoms with Crippen LogP contribution in [0.4, 0.5) is 0 Å². The number of nitrogens with one attached hydrogen (secondary N) is 1. The Morgan fingerprint density at radius 1 is 1.61 bits per heavy atom. The molecule has 0 radical (unpaired) electrons. The van der Waals surface area contributed by atoms with Gasteiger partial charge in [0.05, 0.1) is 12.3 Å². The average Bonchev–Trinajstić information content (AvgIpc) is 2.97. The van der Waals surface area contributed by atoms with Gasteiger partial charge >= 0.3 is 0 Å². The maximum absolute atomic E-state index is 11.7. The summed E-state index contributed by atoms with van der Waals surface area (Å²) in [5.41, 5.74) is 0.735. The molecule has 5 heteroatoms. The lowest BCUT2D eigenvalue weighted by Crippen LogP contribution is -2.29. The number of carbonyl (C=O) groups excluding carboxylic acids is 1. The molecule has 1 amide bonds. The zero-order valence-electron chi connectivity index (χ0n) is 10.8. The SMILES string of the molecule is Cn1cc([C@H](O)CNC(=O)CC2CCCC2)cn1. The van der Waals surface area contributed by atoms with Gasteiger partial charge in [-0.15, -0.1) is 0 Å². The number of hydrogen-bond acceptors (Lipinski definition) is 3. The second-order valence-electron chi connectivity index (χ2n) is 5.12. The molecule has 2 N–H and O–H groups in total. The molecule has 0 spiro atoms. The van der Waals surface area contributed by atoms with Gasteiger partial charge in [-0.3, -0.25) is 9.48 Å². The normalized spacial score (nSPS) is 17.9. The van der Waals surface area contributed by atoms with Crippen LogP contribution in [-0.4, -0.2) is 27.3 Å². The van der Waals surface area contributed by atoms with Gasteiger partial charge in [-0.2, -0.15) is 5.10 Å². The third-order valence-electron chi connectivity index (χ3n) is 3.55. The highest BCUT2D eigenvalue weighted by Gasteiger charge is 2.19. The van der Waals surface area contributed by atoms with Gasteiger partial charge in [-0.05, 0) is 18.8 Å². The monoisotopic (exact) mass is 251 g/mol. The highest BCUT2D eigenvalue weighted by Crippen LogP contribution is 2.27. The molecule has 1 aromatic heterocycles. The number of carbonyl (C=O) groups is 1.